The molecule has 98 valence electrons. The third-order valence-corrected chi connectivity index (χ3v) is 2.79. The molecule has 1 N–H and O–H groups in total. The number of carbonyl (C=O) groups excluding carboxylic acids is 3. The van der Waals surface area contributed by atoms with Crippen LogP contribution in [-0.2, 0) is 16.1 Å². The molecule has 1 aromatic rings. The molecular weight excluding hydrogens is 252 g/mol. The lowest BCUT2D eigenvalue weighted by Crippen LogP contribution is -2.31. The lowest BCUT2D eigenvalue weighted by molar-refractivity contribution is -0.143. The van der Waals surface area contributed by atoms with E-state index in [1.807, 2.05) is 0 Å². The zero-order valence-electron chi connectivity index (χ0n) is 9.99. The number of nitrogens with zero attached hydrogens (tertiary/aromatic N) is 2. The maximum Gasteiger partial charge on any atom is 0.335 e. The summed E-state index contributed by atoms with van der Waals surface area (Å²) in [4.78, 5) is 46.7. The van der Waals surface area contributed by atoms with E-state index in [4.69, 9.17) is 5.11 Å². The van der Waals surface area contributed by atoms with Gasteiger partial charge in [-0.3, -0.25) is 19.4 Å². The molecule has 0 saturated carbocycles. The summed E-state index contributed by atoms with van der Waals surface area (Å²) in [5.41, 5.74) is 0.672. The normalized spacial score (nSPS) is 15.3. The highest BCUT2D eigenvalue weighted by Gasteiger charge is 2.41. The summed E-state index contributed by atoms with van der Waals surface area (Å²) in [6.45, 7) is -0.0619. The number of hydrogen-bond donors (Lipinski definition) is 1. The maximum atomic E-state index is 11.6. The first-order valence-corrected chi connectivity index (χ1v) is 5.37. The van der Waals surface area contributed by atoms with Gasteiger partial charge in [-0.2, -0.15) is 0 Å². The zero-order valence-corrected chi connectivity index (χ0v) is 9.99. The number of imide groups is 2. The molecule has 4 amide bonds. The largest absolute Gasteiger partial charge is 0.478 e. The van der Waals surface area contributed by atoms with Crippen molar-refractivity contribution in [3.63, 3.8) is 0 Å². The maximum absolute atomic E-state index is 11.6. The number of carboxylic acid groups (broad SMARTS) is 1. The Morgan fingerprint density at radius 1 is 1.11 bits per heavy atom. The lowest BCUT2D eigenvalue weighted by atomic mass is 10.1. The molecule has 0 atom stereocenters. The minimum atomic E-state index is -1.06. The number of likely N-dealkylation sites (N-methyl/N-ethyl adjacent to an activating group) is 1. The van der Waals surface area contributed by atoms with Crippen LogP contribution in [0.5, 0.6) is 0 Å². The van der Waals surface area contributed by atoms with Crippen LogP contribution in [0.4, 0.5) is 4.79 Å². The van der Waals surface area contributed by atoms with E-state index in [2.05, 4.69) is 0 Å². The van der Waals surface area contributed by atoms with Crippen LogP contribution in [-0.4, -0.2) is 45.8 Å². The third-order valence-electron chi connectivity index (χ3n) is 2.79. The predicted molar refractivity (Wildman–Crippen MR) is 62.1 cm³/mol. The van der Waals surface area contributed by atoms with Gasteiger partial charge in [-0.25, -0.2) is 9.59 Å². The van der Waals surface area contributed by atoms with E-state index in [0.29, 0.717) is 5.56 Å². The number of amides is 4. The van der Waals surface area contributed by atoms with E-state index in [-0.39, 0.29) is 12.1 Å². The Hall–Kier alpha value is -2.70. The van der Waals surface area contributed by atoms with Crippen molar-refractivity contribution in [3.05, 3.63) is 35.4 Å². The minimum absolute atomic E-state index is 0.0619. The molecule has 1 heterocycles. The van der Waals surface area contributed by atoms with Gasteiger partial charge in [-0.1, -0.05) is 12.1 Å². The predicted octanol–water partition coefficient (Wildman–Crippen LogP) is 0.305. The van der Waals surface area contributed by atoms with E-state index in [0.717, 1.165) is 9.80 Å². The fourth-order valence-corrected chi connectivity index (χ4v) is 1.69. The quantitative estimate of drug-likeness (QED) is 0.624. The Balaban J connectivity index is 2.18. The summed E-state index contributed by atoms with van der Waals surface area (Å²) < 4.78 is 0. The average Bonchev–Trinajstić information content (AvgIpc) is 2.57. The monoisotopic (exact) mass is 262 g/mol. The van der Waals surface area contributed by atoms with Crippen LogP contribution >= 0.6 is 0 Å². The molecule has 1 aliphatic rings. The van der Waals surface area contributed by atoms with Crippen LogP contribution in [0.15, 0.2) is 24.3 Å². The molecule has 1 saturated heterocycles. The summed E-state index contributed by atoms with van der Waals surface area (Å²) >= 11 is 0. The van der Waals surface area contributed by atoms with Crippen LogP contribution in [0.1, 0.15) is 15.9 Å². The number of aromatic carboxylic acids is 1. The van der Waals surface area contributed by atoms with Crippen molar-refractivity contribution < 1.29 is 24.3 Å². The average molecular weight is 262 g/mol. The van der Waals surface area contributed by atoms with Gasteiger partial charge in [0, 0.05) is 7.05 Å². The first-order valence-electron chi connectivity index (χ1n) is 5.37. The summed E-state index contributed by atoms with van der Waals surface area (Å²) in [7, 11) is 1.23. The summed E-state index contributed by atoms with van der Waals surface area (Å²) in [6, 6.07) is 5.04. The van der Waals surface area contributed by atoms with Crippen molar-refractivity contribution in [1.29, 1.82) is 0 Å². The Morgan fingerprint density at radius 3 is 2.11 bits per heavy atom. The topological polar surface area (TPSA) is 95.0 Å². The SMILES string of the molecule is CN1C(=O)C(=O)N(Cc2ccc(C(=O)O)cc2)C1=O. The van der Waals surface area contributed by atoms with E-state index >= 15 is 0 Å². The molecule has 7 heteroatoms. The van der Waals surface area contributed by atoms with Crippen LogP contribution in [0.3, 0.4) is 0 Å². The fraction of sp³-hybridized carbons (Fsp3) is 0.167. The van der Waals surface area contributed by atoms with E-state index < -0.39 is 23.8 Å². The third kappa shape index (κ3) is 2.17. The molecule has 0 unspecified atom stereocenters. The van der Waals surface area contributed by atoms with Crippen molar-refractivity contribution in [1.82, 2.24) is 9.80 Å². The van der Waals surface area contributed by atoms with Gasteiger partial charge < -0.3 is 5.11 Å². The van der Waals surface area contributed by atoms with Gasteiger partial charge in [0.2, 0.25) is 0 Å². The summed E-state index contributed by atoms with van der Waals surface area (Å²) in [5, 5.41) is 8.74. The lowest BCUT2D eigenvalue weighted by Gasteiger charge is -2.12. The minimum Gasteiger partial charge on any atom is -0.478 e. The Morgan fingerprint density at radius 2 is 1.68 bits per heavy atom. The smallest absolute Gasteiger partial charge is 0.335 e. The first-order chi connectivity index (χ1) is 8.91. The molecule has 0 bridgehead atoms. The van der Waals surface area contributed by atoms with Gasteiger partial charge in [0.25, 0.3) is 0 Å². The molecule has 19 heavy (non-hydrogen) atoms. The van der Waals surface area contributed by atoms with Crippen LogP contribution in [0, 0.1) is 0 Å². The molecule has 0 aliphatic carbocycles. The molecule has 0 radical (unpaired) electrons. The van der Waals surface area contributed by atoms with Gasteiger partial charge in [0.15, 0.2) is 0 Å². The number of urea groups is 1. The fourth-order valence-electron chi connectivity index (χ4n) is 1.69. The molecule has 0 aromatic heterocycles. The van der Waals surface area contributed by atoms with Crippen molar-refractivity contribution in [2.24, 2.45) is 0 Å². The number of carbonyl (C=O) groups is 4. The van der Waals surface area contributed by atoms with E-state index in [1.165, 1.54) is 31.3 Å². The van der Waals surface area contributed by atoms with Crippen molar-refractivity contribution in [2.75, 3.05) is 7.05 Å². The van der Waals surface area contributed by atoms with E-state index in [1.54, 1.807) is 0 Å². The molecule has 0 spiro atoms. The molecule has 1 fully saturated rings. The van der Waals surface area contributed by atoms with Crippen LogP contribution in [0.2, 0.25) is 0 Å². The van der Waals surface area contributed by atoms with Crippen molar-refractivity contribution >= 4 is 23.8 Å². The highest BCUT2D eigenvalue weighted by atomic mass is 16.4. The number of carboxylic acids is 1. The first kappa shape index (κ1) is 12.7. The standard InChI is InChI=1S/C12H10N2O5/c1-13-9(15)10(16)14(12(13)19)6-7-2-4-8(5-3-7)11(17)18/h2-5H,6H2,1H3,(H,17,18). The van der Waals surface area contributed by atoms with Gasteiger partial charge in [-0.05, 0) is 17.7 Å². The Bertz CT molecular complexity index is 578. The highest BCUT2D eigenvalue weighted by Crippen LogP contribution is 2.14. The summed E-state index contributed by atoms with van der Waals surface area (Å²) in [6.07, 6.45) is 0. The van der Waals surface area contributed by atoms with Crippen molar-refractivity contribution in [2.45, 2.75) is 6.54 Å². The second-order valence-electron chi connectivity index (χ2n) is 4.04. The molecule has 2 rings (SSSR count). The van der Waals surface area contributed by atoms with Gasteiger partial charge in [0.05, 0.1) is 12.1 Å². The molecular formula is C12H10N2O5. The molecule has 7 nitrogen and oxygen atoms in total. The number of rotatable bonds is 3. The van der Waals surface area contributed by atoms with Gasteiger partial charge in [-0.15, -0.1) is 0 Å². The van der Waals surface area contributed by atoms with E-state index in [9.17, 15) is 19.2 Å². The molecule has 1 aliphatic heterocycles. The Labute approximate surface area is 108 Å². The van der Waals surface area contributed by atoms with Crippen LogP contribution < -0.4 is 0 Å². The Kier molecular flexibility index (Phi) is 3.04. The number of benzene rings is 1. The van der Waals surface area contributed by atoms with Gasteiger partial charge in [0.1, 0.15) is 0 Å². The summed E-state index contributed by atoms with van der Waals surface area (Å²) in [5.74, 6) is -2.81. The molecule has 1 aromatic carbocycles. The second kappa shape index (κ2) is 4.52. The number of hydrogen-bond acceptors (Lipinski definition) is 4. The van der Waals surface area contributed by atoms with Crippen LogP contribution in [0.25, 0.3) is 0 Å². The highest BCUT2D eigenvalue weighted by molar-refractivity contribution is 6.44. The van der Waals surface area contributed by atoms with Crippen molar-refractivity contribution in [3.8, 4) is 0 Å². The second-order valence-corrected chi connectivity index (χ2v) is 4.04. The zero-order chi connectivity index (χ0) is 14.2. The van der Waals surface area contributed by atoms with Gasteiger partial charge >= 0.3 is 23.8 Å².